The summed E-state index contributed by atoms with van der Waals surface area (Å²) >= 11 is 6.24. The molecule has 7 nitrogen and oxygen atoms in total. The average Bonchev–Trinajstić information content (AvgIpc) is 2.95. The largest absolute Gasteiger partial charge is 0.360 e. The molecule has 26 heavy (non-hydrogen) atoms. The molecule has 1 N–H and O–H groups in total. The zero-order valence-corrected chi connectivity index (χ0v) is 16.1. The maximum Gasteiger partial charge on any atom is 0.259 e. The summed E-state index contributed by atoms with van der Waals surface area (Å²) in [7, 11) is -3.25. The molecule has 2 aromatic rings. The number of nitrogens with one attached hydrogen (secondary N) is 1. The first-order chi connectivity index (χ1) is 12.3. The van der Waals surface area contributed by atoms with E-state index in [0.717, 1.165) is 6.26 Å². The summed E-state index contributed by atoms with van der Waals surface area (Å²) in [6.07, 6.45) is 2.26. The topological polar surface area (TPSA) is 92.5 Å². The van der Waals surface area contributed by atoms with E-state index >= 15 is 0 Å². The van der Waals surface area contributed by atoms with Crippen molar-refractivity contribution in [2.24, 2.45) is 0 Å². The highest BCUT2D eigenvalue weighted by Gasteiger charge is 2.30. The molecule has 0 unspecified atom stereocenters. The Bertz CT molecular complexity index is 918. The van der Waals surface area contributed by atoms with Crippen LogP contribution in [0, 0.1) is 6.92 Å². The lowest BCUT2D eigenvalue weighted by Crippen LogP contribution is -2.46. The van der Waals surface area contributed by atoms with Gasteiger partial charge in [-0.1, -0.05) is 35.0 Å². The van der Waals surface area contributed by atoms with Gasteiger partial charge < -0.3 is 9.42 Å². The highest BCUT2D eigenvalue weighted by Crippen LogP contribution is 2.32. The van der Waals surface area contributed by atoms with Crippen molar-refractivity contribution in [3.05, 3.63) is 40.6 Å². The number of carbonyl (C=O) groups excluding carboxylic acids is 1. The Kier molecular flexibility index (Phi) is 5.36. The molecule has 1 aromatic carbocycles. The van der Waals surface area contributed by atoms with Gasteiger partial charge in [0, 0.05) is 24.7 Å². The van der Waals surface area contributed by atoms with E-state index in [1.54, 1.807) is 30.0 Å². The van der Waals surface area contributed by atoms with Gasteiger partial charge in [0.05, 0.1) is 11.3 Å². The van der Waals surface area contributed by atoms with Gasteiger partial charge in [-0.3, -0.25) is 4.79 Å². The smallest absolute Gasteiger partial charge is 0.259 e. The molecular formula is C17H20ClN3O4S. The Hall–Kier alpha value is -1.90. The summed E-state index contributed by atoms with van der Waals surface area (Å²) < 4.78 is 30.6. The van der Waals surface area contributed by atoms with Crippen LogP contribution in [0.15, 0.2) is 28.8 Å². The van der Waals surface area contributed by atoms with E-state index in [9.17, 15) is 13.2 Å². The maximum atomic E-state index is 13.0. The van der Waals surface area contributed by atoms with Gasteiger partial charge in [0.1, 0.15) is 17.0 Å². The zero-order chi connectivity index (χ0) is 18.9. The molecule has 3 rings (SSSR count). The van der Waals surface area contributed by atoms with E-state index in [0.29, 0.717) is 53.5 Å². The number of hydrogen-bond donors (Lipinski definition) is 1. The number of aromatic nitrogens is 1. The van der Waals surface area contributed by atoms with Crippen molar-refractivity contribution in [1.29, 1.82) is 0 Å². The Morgan fingerprint density at radius 3 is 2.58 bits per heavy atom. The predicted octanol–water partition coefficient (Wildman–Crippen LogP) is 2.46. The average molecular weight is 398 g/mol. The number of piperidine rings is 1. The van der Waals surface area contributed by atoms with E-state index in [1.165, 1.54) is 0 Å². The molecule has 2 heterocycles. The monoisotopic (exact) mass is 397 g/mol. The third-order valence-corrected chi connectivity index (χ3v) is 5.46. The van der Waals surface area contributed by atoms with Crippen molar-refractivity contribution >= 4 is 27.5 Å². The van der Waals surface area contributed by atoms with Crippen LogP contribution in [0.5, 0.6) is 0 Å². The molecule has 1 fully saturated rings. The minimum absolute atomic E-state index is 0.152. The SMILES string of the molecule is Cc1onc(-c2ccccc2Cl)c1C(=O)N1CCC(NS(C)(=O)=O)CC1. The molecule has 0 aliphatic carbocycles. The van der Waals surface area contributed by atoms with Gasteiger partial charge in [0.2, 0.25) is 10.0 Å². The third-order valence-electron chi connectivity index (χ3n) is 4.37. The van der Waals surface area contributed by atoms with Crippen LogP contribution in [-0.2, 0) is 10.0 Å². The number of aryl methyl sites for hydroxylation is 1. The highest BCUT2D eigenvalue weighted by atomic mass is 35.5. The number of halogens is 1. The summed E-state index contributed by atoms with van der Waals surface area (Å²) in [6, 6.07) is 7.00. The van der Waals surface area contributed by atoms with E-state index in [1.807, 2.05) is 6.07 Å². The van der Waals surface area contributed by atoms with E-state index in [4.69, 9.17) is 16.1 Å². The summed E-state index contributed by atoms with van der Waals surface area (Å²) in [5.74, 6) is 0.248. The number of nitrogens with zero attached hydrogens (tertiary/aromatic N) is 2. The molecule has 1 saturated heterocycles. The van der Waals surface area contributed by atoms with Crippen LogP contribution in [0.2, 0.25) is 5.02 Å². The molecule has 140 valence electrons. The number of likely N-dealkylation sites (tertiary alicyclic amines) is 1. The highest BCUT2D eigenvalue weighted by molar-refractivity contribution is 7.88. The van der Waals surface area contributed by atoms with Gasteiger partial charge in [0.15, 0.2) is 0 Å². The van der Waals surface area contributed by atoms with Gasteiger partial charge in [-0.05, 0) is 25.8 Å². The molecule has 0 saturated carbocycles. The summed E-state index contributed by atoms with van der Waals surface area (Å²) in [5, 5.41) is 4.52. The molecule has 9 heteroatoms. The van der Waals surface area contributed by atoms with Crippen LogP contribution in [0.25, 0.3) is 11.3 Å². The van der Waals surface area contributed by atoms with Crippen molar-refractivity contribution < 1.29 is 17.7 Å². The van der Waals surface area contributed by atoms with Crippen molar-refractivity contribution in [2.45, 2.75) is 25.8 Å². The molecule has 0 radical (unpaired) electrons. The van der Waals surface area contributed by atoms with Gasteiger partial charge in [-0.15, -0.1) is 0 Å². The quantitative estimate of drug-likeness (QED) is 0.855. The number of rotatable bonds is 4. The third kappa shape index (κ3) is 4.08. The molecule has 0 spiro atoms. The number of benzene rings is 1. The second-order valence-corrected chi connectivity index (χ2v) is 8.59. The molecule has 1 aliphatic rings. The summed E-state index contributed by atoms with van der Waals surface area (Å²) in [5.41, 5.74) is 1.46. The Morgan fingerprint density at radius 1 is 1.31 bits per heavy atom. The van der Waals surface area contributed by atoms with Crippen molar-refractivity contribution in [3.63, 3.8) is 0 Å². The van der Waals surface area contributed by atoms with Crippen molar-refractivity contribution in [2.75, 3.05) is 19.3 Å². The fraction of sp³-hybridized carbons (Fsp3) is 0.412. The van der Waals surface area contributed by atoms with Crippen LogP contribution in [0.4, 0.5) is 0 Å². The van der Waals surface area contributed by atoms with E-state index < -0.39 is 10.0 Å². The first-order valence-electron chi connectivity index (χ1n) is 8.24. The van der Waals surface area contributed by atoms with Gasteiger partial charge in [-0.2, -0.15) is 0 Å². The second-order valence-electron chi connectivity index (χ2n) is 6.40. The fourth-order valence-electron chi connectivity index (χ4n) is 3.12. The lowest BCUT2D eigenvalue weighted by Gasteiger charge is -2.32. The standard InChI is InChI=1S/C17H20ClN3O4S/c1-11-15(16(19-25-11)13-5-3-4-6-14(13)18)17(22)21-9-7-12(8-10-21)20-26(2,23)24/h3-6,12,20H,7-10H2,1-2H3. The predicted molar refractivity (Wildman–Crippen MR) is 98.6 cm³/mol. The van der Waals surface area contributed by atoms with Crippen LogP contribution in [-0.4, -0.2) is 49.8 Å². The zero-order valence-electron chi connectivity index (χ0n) is 14.5. The lowest BCUT2D eigenvalue weighted by molar-refractivity contribution is 0.0710. The van der Waals surface area contributed by atoms with E-state index in [2.05, 4.69) is 9.88 Å². The van der Waals surface area contributed by atoms with Gasteiger partial charge in [0.25, 0.3) is 5.91 Å². The fourth-order valence-corrected chi connectivity index (χ4v) is 4.19. The van der Waals surface area contributed by atoms with Crippen LogP contribution >= 0.6 is 11.6 Å². The van der Waals surface area contributed by atoms with Crippen LogP contribution in [0.3, 0.4) is 0 Å². The number of hydrogen-bond acceptors (Lipinski definition) is 5. The van der Waals surface area contributed by atoms with Gasteiger partial charge >= 0.3 is 0 Å². The van der Waals surface area contributed by atoms with Crippen molar-refractivity contribution in [1.82, 2.24) is 14.8 Å². The van der Waals surface area contributed by atoms with Crippen molar-refractivity contribution in [3.8, 4) is 11.3 Å². The lowest BCUT2D eigenvalue weighted by atomic mass is 10.0. The first kappa shape index (κ1) is 18.9. The van der Waals surface area contributed by atoms with Gasteiger partial charge in [-0.25, -0.2) is 13.1 Å². The molecule has 1 aliphatic heterocycles. The van der Waals surface area contributed by atoms with Crippen LogP contribution < -0.4 is 4.72 Å². The molecule has 1 amide bonds. The molecule has 0 bridgehead atoms. The summed E-state index contributed by atoms with van der Waals surface area (Å²) in [6.45, 7) is 2.61. The molecular weight excluding hydrogens is 378 g/mol. The van der Waals surface area contributed by atoms with Crippen LogP contribution in [0.1, 0.15) is 29.0 Å². The minimum Gasteiger partial charge on any atom is -0.360 e. The minimum atomic E-state index is -3.25. The molecule has 1 aromatic heterocycles. The Labute approximate surface area is 157 Å². The normalized spacial score (nSPS) is 16.0. The molecule has 0 atom stereocenters. The summed E-state index contributed by atoms with van der Waals surface area (Å²) in [4.78, 5) is 14.7. The maximum absolute atomic E-state index is 13.0. The Balaban J connectivity index is 1.80. The second kappa shape index (κ2) is 7.38. The number of amides is 1. The number of carbonyl (C=O) groups is 1. The number of sulfonamides is 1. The Morgan fingerprint density at radius 2 is 1.96 bits per heavy atom. The first-order valence-corrected chi connectivity index (χ1v) is 10.5. The van der Waals surface area contributed by atoms with E-state index in [-0.39, 0.29) is 11.9 Å².